The molecule has 1 amide bonds. The minimum Gasteiger partial charge on any atom is -0.346 e. The van der Waals surface area contributed by atoms with Crippen molar-refractivity contribution in [2.24, 2.45) is 5.92 Å². The second-order valence-electron chi connectivity index (χ2n) is 4.38. The summed E-state index contributed by atoms with van der Waals surface area (Å²) < 4.78 is 0. The van der Waals surface area contributed by atoms with Gasteiger partial charge in [-0.3, -0.25) is 4.79 Å². The molecule has 1 aliphatic heterocycles. The van der Waals surface area contributed by atoms with Crippen LogP contribution in [0.25, 0.3) is 0 Å². The lowest BCUT2D eigenvalue weighted by Gasteiger charge is -2.35. The van der Waals surface area contributed by atoms with Crippen LogP contribution in [-0.4, -0.2) is 29.5 Å². The van der Waals surface area contributed by atoms with Gasteiger partial charge < -0.3 is 10.6 Å². The number of nitrogens with zero attached hydrogens (tertiary/aromatic N) is 1. The highest BCUT2D eigenvalue weighted by Gasteiger charge is 2.29. The molecule has 2 N–H and O–H groups in total. The van der Waals surface area contributed by atoms with Crippen LogP contribution in [0.3, 0.4) is 0 Å². The molecule has 4 nitrogen and oxygen atoms in total. The van der Waals surface area contributed by atoms with Crippen LogP contribution in [0.5, 0.6) is 0 Å². The Kier molecular flexibility index (Phi) is 7.78. The number of thiazole rings is 1. The van der Waals surface area contributed by atoms with Crippen molar-refractivity contribution in [1.82, 2.24) is 15.6 Å². The molecule has 0 bridgehead atoms. The summed E-state index contributed by atoms with van der Waals surface area (Å²) in [6, 6.07) is 0.522. The van der Waals surface area contributed by atoms with Crippen LogP contribution in [-0.2, 0) is 0 Å². The highest BCUT2D eigenvalue weighted by atomic mass is 35.5. The van der Waals surface area contributed by atoms with Gasteiger partial charge in [-0.05, 0) is 25.8 Å². The number of piperidine rings is 1. The molecule has 0 aromatic carbocycles. The topological polar surface area (TPSA) is 54.0 Å². The van der Waals surface area contributed by atoms with Crippen molar-refractivity contribution < 1.29 is 4.79 Å². The first-order valence-electron chi connectivity index (χ1n) is 5.61. The lowest BCUT2D eigenvalue weighted by atomic mass is 9.89. The largest absolute Gasteiger partial charge is 0.346 e. The third kappa shape index (κ3) is 4.09. The van der Waals surface area contributed by atoms with Crippen molar-refractivity contribution in [1.29, 1.82) is 0 Å². The van der Waals surface area contributed by atoms with E-state index in [0.29, 0.717) is 17.7 Å². The molecule has 1 aromatic heterocycles. The number of hydrogen-bond acceptors (Lipinski definition) is 4. The van der Waals surface area contributed by atoms with Gasteiger partial charge in [0, 0.05) is 17.5 Å². The molecule has 7 heteroatoms. The normalized spacial score (nSPS) is 26.7. The van der Waals surface area contributed by atoms with E-state index in [1.54, 1.807) is 10.9 Å². The van der Waals surface area contributed by atoms with Crippen molar-refractivity contribution in [2.75, 3.05) is 6.54 Å². The summed E-state index contributed by atoms with van der Waals surface area (Å²) in [4.78, 5) is 15.9. The van der Waals surface area contributed by atoms with Crippen LogP contribution in [0.15, 0.2) is 10.9 Å². The number of carbonyl (C=O) groups excluding carboxylic acids is 1. The van der Waals surface area contributed by atoms with Crippen LogP contribution in [0.2, 0.25) is 0 Å². The van der Waals surface area contributed by atoms with Gasteiger partial charge in [0.05, 0.1) is 5.51 Å². The molecule has 18 heavy (non-hydrogen) atoms. The summed E-state index contributed by atoms with van der Waals surface area (Å²) in [5.41, 5.74) is 2.20. The van der Waals surface area contributed by atoms with Gasteiger partial charge in [-0.2, -0.15) is 0 Å². The molecule has 0 saturated carbocycles. The van der Waals surface area contributed by atoms with Gasteiger partial charge in [0.25, 0.3) is 5.91 Å². The van der Waals surface area contributed by atoms with E-state index in [1.165, 1.54) is 11.3 Å². The highest BCUT2D eigenvalue weighted by Crippen LogP contribution is 2.16. The van der Waals surface area contributed by atoms with E-state index in [0.717, 1.165) is 13.0 Å². The predicted octanol–water partition coefficient (Wildman–Crippen LogP) is 2.10. The number of aromatic nitrogens is 1. The van der Waals surface area contributed by atoms with Gasteiger partial charge in [-0.1, -0.05) is 6.92 Å². The van der Waals surface area contributed by atoms with E-state index in [-0.39, 0.29) is 36.8 Å². The zero-order valence-corrected chi connectivity index (χ0v) is 12.8. The maximum absolute atomic E-state index is 11.9. The molecular formula is C11H19Cl2N3OS. The molecule has 1 aliphatic rings. The first-order chi connectivity index (χ1) is 7.68. The number of nitrogens with one attached hydrogen (secondary N) is 2. The van der Waals surface area contributed by atoms with E-state index in [1.807, 2.05) is 0 Å². The SMILES string of the molecule is CC1CCNC(C)C1NC(=O)c1cscn1.Cl.Cl. The molecule has 3 unspecified atom stereocenters. The Labute approximate surface area is 124 Å². The van der Waals surface area contributed by atoms with Crippen molar-refractivity contribution >= 4 is 42.1 Å². The van der Waals surface area contributed by atoms with Crippen molar-refractivity contribution in [3.63, 3.8) is 0 Å². The Morgan fingerprint density at radius 2 is 2.22 bits per heavy atom. The summed E-state index contributed by atoms with van der Waals surface area (Å²) in [5, 5.41) is 8.22. The van der Waals surface area contributed by atoms with Crippen LogP contribution in [0, 0.1) is 5.92 Å². The van der Waals surface area contributed by atoms with Gasteiger partial charge in [0.15, 0.2) is 0 Å². The van der Waals surface area contributed by atoms with Gasteiger partial charge >= 0.3 is 0 Å². The zero-order chi connectivity index (χ0) is 11.5. The number of halogens is 2. The van der Waals surface area contributed by atoms with Crippen LogP contribution in [0.1, 0.15) is 30.8 Å². The minimum atomic E-state index is -0.0614. The number of rotatable bonds is 2. The molecular weight excluding hydrogens is 293 g/mol. The monoisotopic (exact) mass is 311 g/mol. The van der Waals surface area contributed by atoms with Gasteiger partial charge in [0.1, 0.15) is 5.69 Å². The van der Waals surface area contributed by atoms with E-state index in [2.05, 4.69) is 29.5 Å². The van der Waals surface area contributed by atoms with Crippen LogP contribution in [0.4, 0.5) is 0 Å². The smallest absolute Gasteiger partial charge is 0.271 e. The zero-order valence-electron chi connectivity index (χ0n) is 10.4. The maximum Gasteiger partial charge on any atom is 0.271 e. The van der Waals surface area contributed by atoms with E-state index >= 15 is 0 Å². The lowest BCUT2D eigenvalue weighted by Crippen LogP contribution is -2.55. The van der Waals surface area contributed by atoms with Crippen molar-refractivity contribution in [3.8, 4) is 0 Å². The van der Waals surface area contributed by atoms with Crippen molar-refractivity contribution in [2.45, 2.75) is 32.4 Å². The summed E-state index contributed by atoms with van der Waals surface area (Å²) in [7, 11) is 0. The quantitative estimate of drug-likeness (QED) is 0.879. The fourth-order valence-corrected chi connectivity index (χ4v) is 2.69. The Morgan fingerprint density at radius 3 is 2.78 bits per heavy atom. The second kappa shape index (κ2) is 7.94. The van der Waals surface area contributed by atoms with Gasteiger partial charge in [-0.15, -0.1) is 36.2 Å². The minimum absolute atomic E-state index is 0. The average molecular weight is 312 g/mol. The summed E-state index contributed by atoms with van der Waals surface area (Å²) >= 11 is 1.44. The second-order valence-corrected chi connectivity index (χ2v) is 5.10. The summed E-state index contributed by atoms with van der Waals surface area (Å²) in [6.45, 7) is 5.33. The summed E-state index contributed by atoms with van der Waals surface area (Å²) in [5.74, 6) is 0.451. The molecule has 1 fully saturated rings. The average Bonchev–Trinajstić information content (AvgIpc) is 2.76. The van der Waals surface area contributed by atoms with Gasteiger partial charge in [-0.25, -0.2) is 4.98 Å². The van der Waals surface area contributed by atoms with E-state index < -0.39 is 0 Å². The molecule has 0 aliphatic carbocycles. The highest BCUT2D eigenvalue weighted by molar-refractivity contribution is 7.07. The number of hydrogen-bond donors (Lipinski definition) is 2. The van der Waals surface area contributed by atoms with Crippen LogP contribution < -0.4 is 10.6 Å². The van der Waals surface area contributed by atoms with Gasteiger partial charge in [0.2, 0.25) is 0 Å². The van der Waals surface area contributed by atoms with Crippen LogP contribution >= 0.6 is 36.2 Å². The number of carbonyl (C=O) groups is 1. The Bertz CT molecular complexity index is 351. The first kappa shape index (κ1) is 17.6. The molecule has 104 valence electrons. The number of amides is 1. The molecule has 1 aromatic rings. The molecule has 2 rings (SSSR count). The van der Waals surface area contributed by atoms with Crippen molar-refractivity contribution in [3.05, 3.63) is 16.6 Å². The molecule has 3 atom stereocenters. The predicted molar refractivity (Wildman–Crippen MR) is 79.1 cm³/mol. The third-order valence-electron chi connectivity index (χ3n) is 3.18. The third-order valence-corrected chi connectivity index (χ3v) is 3.77. The standard InChI is InChI=1S/C11H17N3OS.2ClH/c1-7-3-4-12-8(2)10(7)14-11(15)9-5-16-6-13-9;;/h5-8,10,12H,3-4H2,1-2H3,(H,14,15);2*1H. The fraction of sp³-hybridized carbons (Fsp3) is 0.636. The fourth-order valence-electron chi connectivity index (χ4n) is 2.16. The Morgan fingerprint density at radius 1 is 1.50 bits per heavy atom. The summed E-state index contributed by atoms with van der Waals surface area (Å²) in [6.07, 6.45) is 1.10. The molecule has 2 heterocycles. The Hall–Kier alpha value is -0.360. The Balaban J connectivity index is 0.00000144. The van der Waals surface area contributed by atoms with E-state index in [4.69, 9.17) is 0 Å². The lowest BCUT2D eigenvalue weighted by molar-refractivity contribution is 0.0893. The molecule has 1 saturated heterocycles. The first-order valence-corrected chi connectivity index (χ1v) is 6.55. The molecule has 0 spiro atoms. The maximum atomic E-state index is 11.9. The van der Waals surface area contributed by atoms with E-state index in [9.17, 15) is 4.79 Å². The molecule has 0 radical (unpaired) electrons.